The van der Waals surface area contributed by atoms with Crippen LogP contribution in [0.3, 0.4) is 0 Å². The minimum atomic E-state index is 0.674. The molecule has 0 aromatic carbocycles. The second-order valence-electron chi connectivity index (χ2n) is 3.02. The molecule has 2 nitrogen and oxygen atoms in total. The Kier molecular flexibility index (Phi) is 3.34. The van der Waals surface area contributed by atoms with Crippen molar-refractivity contribution < 1.29 is 0 Å². The smallest absolute Gasteiger partial charge is 0.0636 e. The van der Waals surface area contributed by atoms with Crippen LogP contribution >= 0.6 is 27.5 Å². The van der Waals surface area contributed by atoms with Crippen LogP contribution < -0.4 is 0 Å². The van der Waals surface area contributed by atoms with Crippen molar-refractivity contribution >= 4 is 27.5 Å². The fraction of sp³-hybridized carbons (Fsp3) is 0.0909. The van der Waals surface area contributed by atoms with Crippen LogP contribution in [-0.4, -0.2) is 9.97 Å². The summed E-state index contributed by atoms with van der Waals surface area (Å²) in [4.78, 5) is 8.17. The first kappa shape index (κ1) is 10.6. The summed E-state index contributed by atoms with van der Waals surface area (Å²) in [6.07, 6.45) is 7.01. The summed E-state index contributed by atoms with van der Waals surface area (Å²) >= 11 is 9.49. The van der Waals surface area contributed by atoms with E-state index in [4.69, 9.17) is 11.6 Å². The van der Waals surface area contributed by atoms with Crippen LogP contribution in [0.1, 0.15) is 5.56 Å². The van der Waals surface area contributed by atoms with Gasteiger partial charge in [-0.3, -0.25) is 9.97 Å². The molecule has 0 amide bonds. The maximum absolute atomic E-state index is 6.07. The van der Waals surface area contributed by atoms with Crippen LogP contribution in [0.25, 0.3) is 11.1 Å². The Bertz CT molecular complexity index is 459. The lowest BCUT2D eigenvalue weighted by Crippen LogP contribution is -1.90. The molecule has 2 rings (SSSR count). The average Bonchev–Trinajstić information content (AvgIpc) is 2.30. The number of halogens is 2. The van der Waals surface area contributed by atoms with Gasteiger partial charge in [-0.2, -0.15) is 0 Å². The Hall–Kier alpha value is -0.930. The molecule has 0 aliphatic heterocycles. The van der Waals surface area contributed by atoms with E-state index in [2.05, 4.69) is 25.9 Å². The van der Waals surface area contributed by atoms with Gasteiger partial charge in [0.25, 0.3) is 0 Å². The van der Waals surface area contributed by atoms with Gasteiger partial charge < -0.3 is 0 Å². The van der Waals surface area contributed by atoms with Crippen LogP contribution in [0.15, 0.2) is 36.9 Å². The monoisotopic (exact) mass is 282 g/mol. The van der Waals surface area contributed by atoms with Gasteiger partial charge in [-0.15, -0.1) is 0 Å². The van der Waals surface area contributed by atoms with Gasteiger partial charge >= 0.3 is 0 Å². The summed E-state index contributed by atoms with van der Waals surface area (Å²) in [6, 6.07) is 3.89. The molecule has 0 saturated carbocycles. The van der Waals surface area contributed by atoms with Crippen LogP contribution in [0, 0.1) is 0 Å². The third-order valence-electron chi connectivity index (χ3n) is 2.11. The van der Waals surface area contributed by atoms with Crippen molar-refractivity contribution in [3.8, 4) is 11.1 Å². The van der Waals surface area contributed by atoms with E-state index in [0.29, 0.717) is 10.4 Å². The summed E-state index contributed by atoms with van der Waals surface area (Å²) in [5.41, 5.74) is 3.09. The predicted octanol–water partition coefficient (Wildman–Crippen LogP) is 3.69. The summed E-state index contributed by atoms with van der Waals surface area (Å²) in [5.74, 6) is 0. The summed E-state index contributed by atoms with van der Waals surface area (Å²) < 4.78 is 0. The highest BCUT2D eigenvalue weighted by molar-refractivity contribution is 9.08. The standard InChI is InChI=1S/C11H8BrClN2/c12-4-9-10(6-15-7-11(9)13)8-2-1-3-14-5-8/h1-3,5-7H,4H2. The van der Waals surface area contributed by atoms with Crippen LogP contribution in [0.2, 0.25) is 5.02 Å². The van der Waals surface area contributed by atoms with Crippen molar-refractivity contribution in [3.05, 3.63) is 47.5 Å². The molecular weight excluding hydrogens is 275 g/mol. The molecule has 2 heterocycles. The first-order valence-electron chi connectivity index (χ1n) is 4.41. The van der Waals surface area contributed by atoms with Crippen molar-refractivity contribution in [2.75, 3.05) is 0 Å². The SMILES string of the molecule is Clc1cncc(-c2cccnc2)c1CBr. The van der Waals surface area contributed by atoms with Crippen molar-refractivity contribution in [2.45, 2.75) is 5.33 Å². The molecule has 0 N–H and O–H groups in total. The number of aromatic nitrogens is 2. The van der Waals surface area contributed by atoms with E-state index in [1.165, 1.54) is 0 Å². The number of alkyl halides is 1. The lowest BCUT2D eigenvalue weighted by Gasteiger charge is -2.07. The van der Waals surface area contributed by atoms with Gasteiger partial charge in [0.15, 0.2) is 0 Å². The zero-order valence-electron chi connectivity index (χ0n) is 7.82. The number of hydrogen-bond donors (Lipinski definition) is 0. The minimum Gasteiger partial charge on any atom is -0.264 e. The van der Waals surface area contributed by atoms with Crippen molar-refractivity contribution in [1.82, 2.24) is 9.97 Å². The van der Waals surface area contributed by atoms with E-state index < -0.39 is 0 Å². The van der Waals surface area contributed by atoms with Gasteiger partial charge in [-0.1, -0.05) is 33.6 Å². The predicted molar refractivity (Wildman–Crippen MR) is 65.1 cm³/mol. The van der Waals surface area contributed by atoms with Gasteiger partial charge in [0.05, 0.1) is 5.02 Å². The molecule has 0 aliphatic rings. The Morgan fingerprint density at radius 2 is 2.07 bits per heavy atom. The van der Waals surface area contributed by atoms with Crippen molar-refractivity contribution in [2.24, 2.45) is 0 Å². The van der Waals surface area contributed by atoms with Crippen molar-refractivity contribution in [3.63, 3.8) is 0 Å². The maximum Gasteiger partial charge on any atom is 0.0636 e. The van der Waals surface area contributed by atoms with Gasteiger partial charge in [-0.05, 0) is 11.6 Å². The van der Waals surface area contributed by atoms with Gasteiger partial charge in [-0.25, -0.2) is 0 Å². The molecule has 0 unspecified atom stereocenters. The first-order valence-corrected chi connectivity index (χ1v) is 5.91. The fourth-order valence-corrected chi connectivity index (χ4v) is 2.36. The lowest BCUT2D eigenvalue weighted by molar-refractivity contribution is 1.26. The first-order chi connectivity index (χ1) is 7.33. The molecule has 0 fully saturated rings. The third-order valence-corrected chi connectivity index (χ3v) is 3.00. The maximum atomic E-state index is 6.07. The van der Waals surface area contributed by atoms with Crippen molar-refractivity contribution in [1.29, 1.82) is 0 Å². The second kappa shape index (κ2) is 4.73. The Morgan fingerprint density at radius 1 is 1.20 bits per heavy atom. The summed E-state index contributed by atoms with van der Waals surface area (Å²) in [5, 5.41) is 1.38. The topological polar surface area (TPSA) is 25.8 Å². The van der Waals surface area contributed by atoms with Gasteiger partial charge in [0, 0.05) is 41.2 Å². The molecule has 76 valence electrons. The molecule has 0 atom stereocenters. The zero-order valence-corrected chi connectivity index (χ0v) is 10.2. The van der Waals surface area contributed by atoms with E-state index in [1.54, 1.807) is 24.8 Å². The van der Waals surface area contributed by atoms with E-state index in [0.717, 1.165) is 16.7 Å². The van der Waals surface area contributed by atoms with E-state index in [9.17, 15) is 0 Å². The van der Waals surface area contributed by atoms with Gasteiger partial charge in [0.1, 0.15) is 0 Å². The Balaban J connectivity index is 2.58. The zero-order chi connectivity index (χ0) is 10.7. The quantitative estimate of drug-likeness (QED) is 0.786. The molecule has 0 radical (unpaired) electrons. The second-order valence-corrected chi connectivity index (χ2v) is 3.99. The molecule has 0 saturated heterocycles. The minimum absolute atomic E-state index is 0.674. The highest BCUT2D eigenvalue weighted by Crippen LogP contribution is 2.29. The molecule has 4 heteroatoms. The number of pyridine rings is 2. The molecule has 2 aromatic heterocycles. The summed E-state index contributed by atoms with van der Waals surface area (Å²) in [7, 11) is 0. The van der Waals surface area contributed by atoms with E-state index in [1.807, 2.05) is 12.1 Å². The van der Waals surface area contributed by atoms with E-state index >= 15 is 0 Å². The Labute approximate surface area is 101 Å². The molecule has 0 spiro atoms. The highest BCUT2D eigenvalue weighted by Gasteiger charge is 2.08. The largest absolute Gasteiger partial charge is 0.264 e. The number of rotatable bonds is 2. The van der Waals surface area contributed by atoms with E-state index in [-0.39, 0.29) is 0 Å². The third kappa shape index (κ3) is 2.19. The highest BCUT2D eigenvalue weighted by atomic mass is 79.9. The fourth-order valence-electron chi connectivity index (χ4n) is 1.37. The number of hydrogen-bond acceptors (Lipinski definition) is 2. The van der Waals surface area contributed by atoms with Crippen LogP contribution in [0.4, 0.5) is 0 Å². The van der Waals surface area contributed by atoms with Crippen LogP contribution in [0.5, 0.6) is 0 Å². The number of nitrogens with zero attached hydrogens (tertiary/aromatic N) is 2. The molecule has 2 aromatic rings. The average molecular weight is 284 g/mol. The molecule has 0 aliphatic carbocycles. The van der Waals surface area contributed by atoms with Crippen LogP contribution in [-0.2, 0) is 5.33 Å². The normalized spacial score (nSPS) is 10.3. The van der Waals surface area contributed by atoms with Gasteiger partial charge in [0.2, 0.25) is 0 Å². The lowest BCUT2D eigenvalue weighted by atomic mass is 10.1. The molecular formula is C11H8BrClN2. The molecule has 15 heavy (non-hydrogen) atoms. The summed E-state index contributed by atoms with van der Waals surface area (Å²) in [6.45, 7) is 0. The molecule has 0 bridgehead atoms. The Morgan fingerprint density at radius 3 is 2.73 bits per heavy atom.